The highest BCUT2D eigenvalue weighted by Gasteiger charge is 2.24. The normalized spacial score (nSPS) is 12.3. The zero-order valence-corrected chi connectivity index (χ0v) is 17.3. The van der Waals surface area contributed by atoms with E-state index in [2.05, 4.69) is 15.6 Å². The van der Waals surface area contributed by atoms with E-state index < -0.39 is 11.5 Å². The molecule has 0 fully saturated rings. The van der Waals surface area contributed by atoms with E-state index in [9.17, 15) is 9.59 Å². The van der Waals surface area contributed by atoms with Crippen molar-refractivity contribution in [3.8, 4) is 5.75 Å². The number of para-hydroxylation sites is 1. The first-order chi connectivity index (χ1) is 13.2. The molecule has 28 heavy (non-hydrogen) atoms. The molecular formula is C21H30N4O3. The van der Waals surface area contributed by atoms with Gasteiger partial charge in [0.1, 0.15) is 17.6 Å². The molecule has 0 radical (unpaired) electrons. The summed E-state index contributed by atoms with van der Waals surface area (Å²) in [6.45, 7) is 6.05. The molecular weight excluding hydrogens is 356 g/mol. The molecule has 1 heterocycles. The van der Waals surface area contributed by atoms with Gasteiger partial charge >= 0.3 is 0 Å². The second kappa shape index (κ2) is 9.39. The number of nitrogens with one attached hydrogen (secondary N) is 2. The molecule has 1 aromatic carbocycles. The van der Waals surface area contributed by atoms with Crippen LogP contribution in [-0.2, 0) is 16.6 Å². The average Bonchev–Trinajstić information content (AvgIpc) is 3.08. The third kappa shape index (κ3) is 5.58. The van der Waals surface area contributed by atoms with E-state index in [0.29, 0.717) is 25.1 Å². The highest BCUT2D eigenvalue weighted by molar-refractivity contribution is 5.81. The van der Waals surface area contributed by atoms with Crippen LogP contribution >= 0.6 is 0 Å². The number of carbonyl (C=O) groups excluding carboxylic acids is 2. The Bertz CT molecular complexity index is 808. The minimum absolute atomic E-state index is 0.0205. The maximum Gasteiger partial charge on any atom is 0.225 e. The zero-order valence-electron chi connectivity index (χ0n) is 17.3. The monoisotopic (exact) mass is 386 g/mol. The molecule has 1 aromatic heterocycles. The fourth-order valence-electron chi connectivity index (χ4n) is 2.79. The maximum absolute atomic E-state index is 12.6. The van der Waals surface area contributed by atoms with Gasteiger partial charge in [-0.3, -0.25) is 9.59 Å². The second-order valence-electron chi connectivity index (χ2n) is 7.75. The van der Waals surface area contributed by atoms with E-state index in [1.807, 2.05) is 62.8 Å². The lowest BCUT2D eigenvalue weighted by atomic mass is 9.96. The number of carbonyl (C=O) groups is 2. The number of rotatable bonds is 8. The molecule has 0 spiro atoms. The molecule has 0 saturated carbocycles. The van der Waals surface area contributed by atoms with Crippen LogP contribution in [0.4, 0.5) is 0 Å². The van der Waals surface area contributed by atoms with Gasteiger partial charge in [0.25, 0.3) is 0 Å². The van der Waals surface area contributed by atoms with E-state index in [1.165, 1.54) is 0 Å². The molecule has 7 nitrogen and oxygen atoms in total. The quantitative estimate of drug-likeness (QED) is 0.683. The summed E-state index contributed by atoms with van der Waals surface area (Å²) in [6, 6.07) is 7.15. The lowest BCUT2D eigenvalue weighted by Gasteiger charge is -2.21. The van der Waals surface area contributed by atoms with Gasteiger partial charge in [0, 0.05) is 43.4 Å². The van der Waals surface area contributed by atoms with Gasteiger partial charge in [-0.05, 0) is 12.5 Å². The Morgan fingerprint density at radius 2 is 1.96 bits per heavy atom. The summed E-state index contributed by atoms with van der Waals surface area (Å²) in [4.78, 5) is 28.9. The van der Waals surface area contributed by atoms with Crippen LogP contribution in [0.3, 0.4) is 0 Å². The van der Waals surface area contributed by atoms with Crippen LogP contribution < -0.4 is 15.4 Å². The van der Waals surface area contributed by atoms with Crippen molar-refractivity contribution < 1.29 is 14.3 Å². The van der Waals surface area contributed by atoms with E-state index >= 15 is 0 Å². The highest BCUT2D eigenvalue weighted by atomic mass is 16.5. The van der Waals surface area contributed by atoms with Gasteiger partial charge < -0.3 is 19.9 Å². The molecule has 1 atom stereocenters. The molecule has 2 amide bonds. The summed E-state index contributed by atoms with van der Waals surface area (Å²) >= 11 is 0. The fraction of sp³-hybridized carbons (Fsp3) is 0.476. The molecule has 0 aliphatic carbocycles. The number of nitrogens with zero attached hydrogens (tertiary/aromatic N) is 2. The number of hydrogen-bond donors (Lipinski definition) is 2. The minimum atomic E-state index is -0.435. The summed E-state index contributed by atoms with van der Waals surface area (Å²) < 4.78 is 7.34. The van der Waals surface area contributed by atoms with Gasteiger partial charge in [0.2, 0.25) is 11.8 Å². The molecule has 0 saturated heterocycles. The van der Waals surface area contributed by atoms with Crippen molar-refractivity contribution in [2.24, 2.45) is 12.5 Å². The first kappa shape index (κ1) is 21.5. The van der Waals surface area contributed by atoms with Gasteiger partial charge in [-0.15, -0.1) is 0 Å². The molecule has 0 bridgehead atoms. The Hall–Kier alpha value is -2.83. The van der Waals surface area contributed by atoms with Crippen molar-refractivity contribution in [3.05, 3.63) is 48.0 Å². The third-order valence-corrected chi connectivity index (χ3v) is 4.42. The Kier molecular flexibility index (Phi) is 7.20. The largest absolute Gasteiger partial charge is 0.496 e. The second-order valence-corrected chi connectivity index (χ2v) is 7.75. The van der Waals surface area contributed by atoms with Crippen LogP contribution in [0.1, 0.15) is 51.0 Å². The molecule has 2 N–H and O–H groups in total. The Morgan fingerprint density at radius 1 is 1.25 bits per heavy atom. The number of ether oxygens (including phenoxy) is 1. The van der Waals surface area contributed by atoms with Gasteiger partial charge in [0.05, 0.1) is 7.11 Å². The van der Waals surface area contributed by atoms with Crippen molar-refractivity contribution in [1.29, 1.82) is 0 Å². The van der Waals surface area contributed by atoms with Crippen LogP contribution in [0.2, 0.25) is 0 Å². The Balaban J connectivity index is 2.04. The summed E-state index contributed by atoms with van der Waals surface area (Å²) in [7, 11) is 3.49. The topological polar surface area (TPSA) is 85.2 Å². The van der Waals surface area contributed by atoms with E-state index in [1.54, 1.807) is 13.3 Å². The first-order valence-electron chi connectivity index (χ1n) is 9.42. The Morgan fingerprint density at radius 3 is 2.57 bits per heavy atom. The number of hydrogen-bond acceptors (Lipinski definition) is 4. The number of methoxy groups -OCH3 is 1. The molecule has 152 valence electrons. The van der Waals surface area contributed by atoms with Crippen molar-refractivity contribution in [2.75, 3.05) is 13.7 Å². The summed E-state index contributed by atoms with van der Waals surface area (Å²) in [5.41, 5.74) is 0.406. The van der Waals surface area contributed by atoms with Crippen molar-refractivity contribution in [3.63, 3.8) is 0 Å². The van der Waals surface area contributed by atoms with Gasteiger partial charge in [-0.1, -0.05) is 39.0 Å². The molecule has 2 rings (SSSR count). The van der Waals surface area contributed by atoms with Crippen LogP contribution in [0.25, 0.3) is 0 Å². The van der Waals surface area contributed by atoms with Crippen LogP contribution in [-0.4, -0.2) is 35.0 Å². The van der Waals surface area contributed by atoms with E-state index in [0.717, 1.165) is 11.4 Å². The SMILES string of the molecule is COc1ccccc1C(NC(=O)CCCNC(=O)C(C)(C)C)c1nccn1C. The van der Waals surface area contributed by atoms with Gasteiger partial charge in [0.15, 0.2) is 0 Å². The average molecular weight is 386 g/mol. The summed E-state index contributed by atoms with van der Waals surface area (Å²) in [6.07, 6.45) is 4.41. The third-order valence-electron chi connectivity index (χ3n) is 4.42. The van der Waals surface area contributed by atoms with Crippen molar-refractivity contribution in [1.82, 2.24) is 20.2 Å². The lowest BCUT2D eigenvalue weighted by Crippen LogP contribution is -2.36. The number of amides is 2. The van der Waals surface area contributed by atoms with Gasteiger partial charge in [-0.2, -0.15) is 0 Å². The minimum Gasteiger partial charge on any atom is -0.496 e. The predicted octanol–water partition coefficient (Wildman–Crippen LogP) is 2.58. The smallest absolute Gasteiger partial charge is 0.225 e. The zero-order chi connectivity index (χ0) is 20.7. The van der Waals surface area contributed by atoms with Crippen LogP contribution in [0.15, 0.2) is 36.7 Å². The lowest BCUT2D eigenvalue weighted by molar-refractivity contribution is -0.128. The van der Waals surface area contributed by atoms with E-state index in [-0.39, 0.29) is 11.8 Å². The van der Waals surface area contributed by atoms with Crippen LogP contribution in [0.5, 0.6) is 5.75 Å². The van der Waals surface area contributed by atoms with Crippen molar-refractivity contribution >= 4 is 11.8 Å². The maximum atomic E-state index is 12.6. The van der Waals surface area contributed by atoms with Crippen molar-refractivity contribution in [2.45, 2.75) is 39.7 Å². The van der Waals surface area contributed by atoms with Crippen LogP contribution in [0, 0.1) is 5.41 Å². The molecule has 0 aliphatic rings. The fourth-order valence-corrected chi connectivity index (χ4v) is 2.79. The summed E-state index contributed by atoms with van der Waals surface area (Å²) in [5.74, 6) is 1.28. The van der Waals surface area contributed by atoms with E-state index in [4.69, 9.17) is 4.74 Å². The van der Waals surface area contributed by atoms with Gasteiger partial charge in [-0.25, -0.2) is 4.98 Å². The standard InChI is InChI=1S/C21H30N4O3/c1-21(2,3)20(27)23-12-8-11-17(26)24-18(19-22-13-14-25(19)4)15-9-6-7-10-16(15)28-5/h6-7,9-10,13-14,18H,8,11-12H2,1-5H3,(H,23,27)(H,24,26). The number of aryl methyl sites for hydroxylation is 1. The summed E-state index contributed by atoms with van der Waals surface area (Å²) in [5, 5.41) is 5.92. The highest BCUT2D eigenvalue weighted by Crippen LogP contribution is 2.29. The number of benzene rings is 1. The predicted molar refractivity (Wildman–Crippen MR) is 108 cm³/mol. The first-order valence-corrected chi connectivity index (χ1v) is 9.42. The number of aromatic nitrogens is 2. The molecule has 1 unspecified atom stereocenters. The molecule has 2 aromatic rings. The molecule has 0 aliphatic heterocycles. The number of imidazole rings is 1. The Labute approximate surface area is 166 Å². The molecule has 7 heteroatoms.